The van der Waals surface area contributed by atoms with E-state index in [1.807, 2.05) is 0 Å². The van der Waals surface area contributed by atoms with Crippen molar-refractivity contribution in [3.05, 3.63) is 0 Å². The molecule has 0 N–H and O–H groups in total. The Labute approximate surface area is 80.3 Å². The van der Waals surface area contributed by atoms with Gasteiger partial charge in [-0.2, -0.15) is 0 Å². The maximum atomic E-state index is 3.03. The second kappa shape index (κ2) is 4.14. The monoisotopic (exact) mass is 183 g/mol. The molecule has 69 valence electrons. The van der Waals surface area contributed by atoms with Crippen LogP contribution in [0.4, 0.5) is 0 Å². The van der Waals surface area contributed by atoms with Crippen molar-refractivity contribution >= 4 is 16.5 Å². The summed E-state index contributed by atoms with van der Waals surface area (Å²) in [5.41, 5.74) is 0. The van der Waals surface area contributed by atoms with Crippen molar-refractivity contribution in [2.45, 2.75) is 51.4 Å². The Balaban J connectivity index is 2.39. The molecule has 1 unspecified atom stereocenters. The predicted octanol–water partition coefficient (Wildman–Crippen LogP) is 3.16. The van der Waals surface area contributed by atoms with E-state index < -0.39 is 0 Å². The molecule has 0 nitrogen and oxygen atoms in total. The molecular weight excluding hydrogens is 162 g/mol. The molecule has 1 radical (unpaired) electrons. The average molecular weight is 183 g/mol. The molecule has 1 atom stereocenters. The van der Waals surface area contributed by atoms with Gasteiger partial charge in [0.2, 0.25) is 0 Å². The summed E-state index contributed by atoms with van der Waals surface area (Å²) in [4.78, 5) is 0. The van der Waals surface area contributed by atoms with Crippen LogP contribution < -0.4 is 0 Å². The number of hydrogen-bond acceptors (Lipinski definition) is 0. The normalized spacial score (nSPS) is 36.9. The number of rotatable bonds is 2. The summed E-state index contributed by atoms with van der Waals surface area (Å²) in [6, 6.07) is 0. The second-order valence-electron chi connectivity index (χ2n) is 4.60. The summed E-state index contributed by atoms with van der Waals surface area (Å²) in [7, 11) is 5.40. The van der Waals surface area contributed by atoms with Crippen molar-refractivity contribution in [2.75, 3.05) is 0 Å². The maximum absolute atomic E-state index is 3.03. The van der Waals surface area contributed by atoms with Crippen LogP contribution in [-0.4, -0.2) is 12.3 Å². The van der Waals surface area contributed by atoms with Crippen molar-refractivity contribution in [1.29, 1.82) is 0 Å². The van der Waals surface area contributed by atoms with Gasteiger partial charge < -0.3 is 0 Å². The van der Waals surface area contributed by atoms with Gasteiger partial charge in [-0.25, -0.2) is 0 Å². The van der Waals surface area contributed by atoms with E-state index in [1.165, 1.54) is 25.7 Å². The van der Waals surface area contributed by atoms with Crippen molar-refractivity contribution in [3.63, 3.8) is 0 Å². The summed E-state index contributed by atoms with van der Waals surface area (Å²) in [6.45, 7) is 6.91. The molecule has 2 heteroatoms. The van der Waals surface area contributed by atoms with Gasteiger partial charge in [0.1, 0.15) is 7.28 Å². The molecule has 0 saturated heterocycles. The Morgan fingerprint density at radius 3 is 2.17 bits per heavy atom. The van der Waals surface area contributed by atoms with Crippen molar-refractivity contribution in [2.24, 2.45) is 11.8 Å². The van der Waals surface area contributed by atoms with Gasteiger partial charge in [-0.15, -0.1) is 9.24 Å². The first-order chi connectivity index (χ1) is 5.57. The molecule has 0 aromatic rings. The second-order valence-corrected chi connectivity index (χ2v) is 5.75. The van der Waals surface area contributed by atoms with Crippen molar-refractivity contribution in [1.82, 2.24) is 0 Å². The zero-order valence-electron chi connectivity index (χ0n) is 8.64. The van der Waals surface area contributed by atoms with Gasteiger partial charge in [-0.05, 0) is 16.9 Å². The molecule has 0 aromatic heterocycles. The van der Waals surface area contributed by atoms with Gasteiger partial charge in [0.25, 0.3) is 0 Å². The smallest absolute Gasteiger partial charge is 0.119 e. The van der Waals surface area contributed by atoms with E-state index in [0.717, 1.165) is 11.8 Å². The van der Waals surface area contributed by atoms with Gasteiger partial charge in [-0.1, -0.05) is 46.4 Å². The zero-order valence-corrected chi connectivity index (χ0v) is 9.79. The molecule has 1 rings (SSSR count). The van der Waals surface area contributed by atoms with Gasteiger partial charge in [-0.3, -0.25) is 0 Å². The third-order valence-corrected chi connectivity index (χ3v) is 4.39. The molecule has 0 aliphatic heterocycles. The van der Waals surface area contributed by atoms with E-state index in [1.54, 1.807) is 0 Å². The minimum Gasteiger partial charge on any atom is -0.140 e. The quantitative estimate of drug-likeness (QED) is 0.455. The highest BCUT2D eigenvalue weighted by atomic mass is 31.0. The van der Waals surface area contributed by atoms with Crippen LogP contribution in [0.1, 0.15) is 39.5 Å². The highest BCUT2D eigenvalue weighted by molar-refractivity contribution is 7.23. The first kappa shape index (κ1) is 10.6. The molecule has 0 heterocycles. The van der Waals surface area contributed by atoms with Crippen LogP contribution in [0.2, 0.25) is 6.82 Å². The molecule has 0 bridgehead atoms. The molecule has 0 aromatic carbocycles. The Bertz CT molecular complexity index is 137. The molecular formula is C10H21BP. The standard InChI is InChI=1S/C10H21BP/c1-8(2)9-4-6-10(12,11-3)7-5-9/h8-9H,4-7,12H2,1-3H3. The van der Waals surface area contributed by atoms with E-state index >= 15 is 0 Å². The van der Waals surface area contributed by atoms with E-state index in [4.69, 9.17) is 0 Å². The minimum atomic E-state index is 0.478. The average Bonchev–Trinajstić information content (AvgIpc) is 2.05. The fourth-order valence-electron chi connectivity index (χ4n) is 2.13. The SMILES string of the molecule is C[B]C1(P)CCC(C(C)C)CC1. The molecule has 1 fully saturated rings. The van der Waals surface area contributed by atoms with Crippen molar-refractivity contribution < 1.29 is 0 Å². The van der Waals surface area contributed by atoms with Crippen LogP contribution in [0, 0.1) is 11.8 Å². The molecule has 1 aliphatic carbocycles. The van der Waals surface area contributed by atoms with E-state index in [9.17, 15) is 0 Å². The lowest BCUT2D eigenvalue weighted by molar-refractivity contribution is 0.271. The van der Waals surface area contributed by atoms with Gasteiger partial charge in [0, 0.05) is 0 Å². The van der Waals surface area contributed by atoms with Gasteiger partial charge in [0.05, 0.1) is 0 Å². The summed E-state index contributed by atoms with van der Waals surface area (Å²) in [5.74, 6) is 1.87. The topological polar surface area (TPSA) is 0 Å². The molecule has 0 amide bonds. The molecule has 1 saturated carbocycles. The van der Waals surface area contributed by atoms with Crippen LogP contribution in [-0.2, 0) is 0 Å². The lowest BCUT2D eigenvalue weighted by atomic mass is 9.57. The van der Waals surface area contributed by atoms with Crippen LogP contribution >= 0.6 is 9.24 Å². The minimum absolute atomic E-state index is 0.478. The van der Waals surface area contributed by atoms with Gasteiger partial charge in [0.15, 0.2) is 0 Å². The Kier molecular flexibility index (Phi) is 3.65. The first-order valence-electron chi connectivity index (χ1n) is 5.17. The third kappa shape index (κ3) is 2.49. The molecule has 1 aliphatic rings. The zero-order chi connectivity index (χ0) is 9.19. The van der Waals surface area contributed by atoms with Crippen LogP contribution in [0.3, 0.4) is 0 Å². The van der Waals surface area contributed by atoms with Crippen LogP contribution in [0.5, 0.6) is 0 Å². The van der Waals surface area contributed by atoms with E-state index in [0.29, 0.717) is 5.06 Å². The predicted molar refractivity (Wildman–Crippen MR) is 60.9 cm³/mol. The Hall–Kier alpha value is 0.495. The Morgan fingerprint density at radius 2 is 1.83 bits per heavy atom. The summed E-state index contributed by atoms with van der Waals surface area (Å²) in [6.07, 6.45) is 5.59. The summed E-state index contributed by atoms with van der Waals surface area (Å²) in [5, 5.41) is 0.478. The molecule has 0 spiro atoms. The van der Waals surface area contributed by atoms with Crippen LogP contribution in [0.15, 0.2) is 0 Å². The lowest BCUT2D eigenvalue weighted by Gasteiger charge is -2.37. The largest absolute Gasteiger partial charge is 0.140 e. The number of hydrogen-bond donors (Lipinski definition) is 0. The molecule has 12 heavy (non-hydrogen) atoms. The lowest BCUT2D eigenvalue weighted by Crippen LogP contribution is -2.33. The highest BCUT2D eigenvalue weighted by Gasteiger charge is 2.30. The third-order valence-electron chi connectivity index (χ3n) is 3.48. The Morgan fingerprint density at radius 1 is 1.33 bits per heavy atom. The van der Waals surface area contributed by atoms with Crippen LogP contribution in [0.25, 0.3) is 0 Å². The summed E-state index contributed by atoms with van der Waals surface area (Å²) >= 11 is 0. The maximum Gasteiger partial charge on any atom is 0.119 e. The van der Waals surface area contributed by atoms with Gasteiger partial charge >= 0.3 is 0 Å². The fraction of sp³-hybridized carbons (Fsp3) is 1.00. The van der Waals surface area contributed by atoms with E-state index in [2.05, 4.69) is 37.2 Å². The van der Waals surface area contributed by atoms with Crippen molar-refractivity contribution in [3.8, 4) is 0 Å². The highest BCUT2D eigenvalue weighted by Crippen LogP contribution is 2.40. The fourth-order valence-corrected chi connectivity index (χ4v) is 2.47. The first-order valence-corrected chi connectivity index (χ1v) is 5.74. The van der Waals surface area contributed by atoms with E-state index in [-0.39, 0.29) is 0 Å². The summed E-state index contributed by atoms with van der Waals surface area (Å²) < 4.78 is 0.